The number of rotatable bonds is 2. The number of hydrogen-bond acceptors (Lipinski definition) is 2. The molecule has 0 radical (unpaired) electrons. The van der Waals surface area contributed by atoms with E-state index in [-0.39, 0.29) is 0 Å². The molecular weight excluding hydrogens is 227 g/mol. The molecular formula is C8H6Cl2N2S. The molecule has 0 atom stereocenters. The first kappa shape index (κ1) is 9.06. The van der Waals surface area contributed by atoms with Crippen LogP contribution in [0.1, 0.15) is 4.88 Å². The Balaban J connectivity index is 2.14. The lowest BCUT2D eigenvalue weighted by Gasteiger charge is -1.96. The zero-order chi connectivity index (χ0) is 9.26. The van der Waals surface area contributed by atoms with E-state index in [1.165, 1.54) is 4.88 Å². The highest BCUT2D eigenvalue weighted by atomic mass is 35.5. The van der Waals surface area contributed by atoms with E-state index in [4.69, 9.17) is 23.2 Å². The van der Waals surface area contributed by atoms with Crippen LogP contribution in [0.25, 0.3) is 0 Å². The molecule has 0 unspecified atom stereocenters. The molecule has 0 aromatic carbocycles. The van der Waals surface area contributed by atoms with Gasteiger partial charge in [0, 0.05) is 11.1 Å². The first-order valence-electron chi connectivity index (χ1n) is 3.67. The van der Waals surface area contributed by atoms with E-state index in [1.54, 1.807) is 22.1 Å². The first-order chi connectivity index (χ1) is 6.24. The summed E-state index contributed by atoms with van der Waals surface area (Å²) < 4.78 is 2.58. The highest BCUT2D eigenvalue weighted by molar-refractivity contribution is 7.16. The summed E-state index contributed by atoms with van der Waals surface area (Å²) in [6, 6.07) is 5.63. The lowest BCUT2D eigenvalue weighted by molar-refractivity contribution is 0.695. The highest BCUT2D eigenvalue weighted by Crippen LogP contribution is 2.22. The van der Waals surface area contributed by atoms with Crippen molar-refractivity contribution in [3.05, 3.63) is 38.8 Å². The van der Waals surface area contributed by atoms with Gasteiger partial charge in [0.15, 0.2) is 5.15 Å². The zero-order valence-corrected chi connectivity index (χ0v) is 8.90. The van der Waals surface area contributed by atoms with Gasteiger partial charge in [0.1, 0.15) is 0 Å². The normalized spacial score (nSPS) is 10.6. The van der Waals surface area contributed by atoms with Crippen molar-refractivity contribution in [3.63, 3.8) is 0 Å². The summed E-state index contributed by atoms with van der Waals surface area (Å²) >= 11 is 13.0. The van der Waals surface area contributed by atoms with Crippen LogP contribution >= 0.6 is 34.5 Å². The molecule has 0 bridgehead atoms. The minimum atomic E-state index is 0.516. The smallest absolute Gasteiger partial charge is 0.151 e. The monoisotopic (exact) mass is 232 g/mol. The van der Waals surface area contributed by atoms with Crippen LogP contribution < -0.4 is 0 Å². The van der Waals surface area contributed by atoms with Crippen LogP contribution in [0.3, 0.4) is 0 Å². The van der Waals surface area contributed by atoms with Crippen LogP contribution in [0.15, 0.2) is 24.4 Å². The van der Waals surface area contributed by atoms with Gasteiger partial charge in [-0.2, -0.15) is 5.10 Å². The Hall–Kier alpha value is -0.510. The predicted octanol–water partition coefficient (Wildman–Crippen LogP) is 3.30. The highest BCUT2D eigenvalue weighted by Gasteiger charge is 2.00. The molecule has 0 fully saturated rings. The van der Waals surface area contributed by atoms with Crippen molar-refractivity contribution in [2.24, 2.45) is 0 Å². The van der Waals surface area contributed by atoms with E-state index >= 15 is 0 Å². The van der Waals surface area contributed by atoms with Crippen molar-refractivity contribution in [1.82, 2.24) is 9.78 Å². The van der Waals surface area contributed by atoms with Gasteiger partial charge in [0.25, 0.3) is 0 Å². The molecule has 0 amide bonds. The maximum atomic E-state index is 5.79. The van der Waals surface area contributed by atoms with Gasteiger partial charge in [-0.3, -0.25) is 4.68 Å². The van der Waals surface area contributed by atoms with Gasteiger partial charge < -0.3 is 0 Å². The standard InChI is InChI=1S/C8H6Cl2N2S/c9-7-3-4-12(11-7)5-6-1-2-8(10)13-6/h1-4H,5H2. The van der Waals surface area contributed by atoms with Gasteiger partial charge in [-0.1, -0.05) is 23.2 Å². The SMILES string of the molecule is Clc1ccn(Cc2ccc(Cl)s2)n1. The van der Waals surface area contributed by atoms with Crippen LogP contribution in [-0.4, -0.2) is 9.78 Å². The second-order valence-corrected chi connectivity index (χ2v) is 4.73. The molecule has 0 saturated carbocycles. The van der Waals surface area contributed by atoms with Crippen molar-refractivity contribution in [1.29, 1.82) is 0 Å². The number of hydrogen-bond donors (Lipinski definition) is 0. The summed E-state index contributed by atoms with van der Waals surface area (Å²) in [6.07, 6.45) is 1.84. The van der Waals surface area contributed by atoms with E-state index in [0.717, 1.165) is 10.9 Å². The number of halogens is 2. The molecule has 0 aliphatic carbocycles. The summed E-state index contributed by atoms with van der Waals surface area (Å²) in [7, 11) is 0. The summed E-state index contributed by atoms with van der Waals surface area (Å²) in [4.78, 5) is 1.17. The fourth-order valence-electron chi connectivity index (χ4n) is 1.02. The van der Waals surface area contributed by atoms with Gasteiger partial charge >= 0.3 is 0 Å². The molecule has 0 aliphatic heterocycles. The third-order valence-corrected chi connectivity index (χ3v) is 2.97. The summed E-state index contributed by atoms with van der Waals surface area (Å²) in [5, 5.41) is 4.58. The number of thiophene rings is 1. The zero-order valence-electron chi connectivity index (χ0n) is 6.58. The molecule has 2 nitrogen and oxygen atoms in total. The lowest BCUT2D eigenvalue weighted by atomic mass is 10.5. The Bertz CT molecular complexity index is 369. The molecule has 0 spiro atoms. The molecule has 2 aromatic rings. The molecule has 68 valence electrons. The Morgan fingerprint density at radius 2 is 2.15 bits per heavy atom. The van der Waals surface area contributed by atoms with Crippen LogP contribution in [-0.2, 0) is 6.54 Å². The lowest BCUT2D eigenvalue weighted by Crippen LogP contribution is -1.97. The Morgan fingerprint density at radius 3 is 2.69 bits per heavy atom. The minimum absolute atomic E-state index is 0.516. The maximum absolute atomic E-state index is 5.79. The molecule has 2 heterocycles. The second kappa shape index (κ2) is 3.70. The Labute approximate surface area is 89.7 Å². The van der Waals surface area contributed by atoms with Crippen molar-refractivity contribution in [2.75, 3.05) is 0 Å². The van der Waals surface area contributed by atoms with Crippen LogP contribution in [0.2, 0.25) is 9.49 Å². The van der Waals surface area contributed by atoms with Gasteiger partial charge in [0.05, 0.1) is 10.9 Å². The topological polar surface area (TPSA) is 17.8 Å². The third-order valence-electron chi connectivity index (χ3n) is 1.55. The van der Waals surface area contributed by atoms with Crippen molar-refractivity contribution in [2.45, 2.75) is 6.54 Å². The molecule has 5 heteroatoms. The molecule has 0 aliphatic rings. The summed E-state index contributed by atoms with van der Waals surface area (Å²) in [5.41, 5.74) is 0. The molecule has 2 rings (SSSR count). The maximum Gasteiger partial charge on any atom is 0.151 e. The number of nitrogens with zero attached hydrogens (tertiary/aromatic N) is 2. The quantitative estimate of drug-likeness (QED) is 0.778. The van der Waals surface area contributed by atoms with Gasteiger partial charge in [-0.25, -0.2) is 0 Å². The van der Waals surface area contributed by atoms with E-state index in [9.17, 15) is 0 Å². The second-order valence-electron chi connectivity index (χ2n) is 2.54. The van der Waals surface area contributed by atoms with Crippen molar-refractivity contribution < 1.29 is 0 Å². The van der Waals surface area contributed by atoms with Crippen molar-refractivity contribution in [3.8, 4) is 0 Å². The molecule has 0 saturated heterocycles. The van der Waals surface area contributed by atoms with Gasteiger partial charge in [0.2, 0.25) is 0 Å². The fraction of sp³-hybridized carbons (Fsp3) is 0.125. The summed E-state index contributed by atoms with van der Waals surface area (Å²) in [5.74, 6) is 0. The number of aromatic nitrogens is 2. The van der Waals surface area contributed by atoms with Crippen LogP contribution in [0.4, 0.5) is 0 Å². The first-order valence-corrected chi connectivity index (χ1v) is 5.24. The van der Waals surface area contributed by atoms with Gasteiger partial charge in [-0.05, 0) is 18.2 Å². The fourth-order valence-corrected chi connectivity index (χ4v) is 2.25. The Morgan fingerprint density at radius 1 is 1.31 bits per heavy atom. The minimum Gasteiger partial charge on any atom is -0.266 e. The van der Waals surface area contributed by atoms with E-state index in [0.29, 0.717) is 5.15 Å². The summed E-state index contributed by atoms with van der Waals surface area (Å²) in [6.45, 7) is 0.726. The van der Waals surface area contributed by atoms with Crippen LogP contribution in [0.5, 0.6) is 0 Å². The van der Waals surface area contributed by atoms with Crippen LogP contribution in [0, 0.1) is 0 Å². The van der Waals surface area contributed by atoms with E-state index in [1.807, 2.05) is 18.3 Å². The average molecular weight is 233 g/mol. The average Bonchev–Trinajstić information content (AvgIpc) is 2.62. The van der Waals surface area contributed by atoms with E-state index < -0.39 is 0 Å². The third kappa shape index (κ3) is 2.24. The van der Waals surface area contributed by atoms with Crippen molar-refractivity contribution >= 4 is 34.5 Å². The molecule has 0 N–H and O–H groups in total. The predicted molar refractivity (Wildman–Crippen MR) is 55.7 cm³/mol. The molecule has 2 aromatic heterocycles. The largest absolute Gasteiger partial charge is 0.266 e. The van der Waals surface area contributed by atoms with Gasteiger partial charge in [-0.15, -0.1) is 11.3 Å². The Kier molecular flexibility index (Phi) is 2.58. The van der Waals surface area contributed by atoms with E-state index in [2.05, 4.69) is 5.10 Å². The molecule has 13 heavy (non-hydrogen) atoms.